The standard InChI is InChI=1S/C13H16N2O4S/c14-11(16)6-9(13(18)19)15-12(17)8-2-1-3-10-7(8)4-5-20-10/h4-5,8-9H,1-3,6H2,(H2,14,16)(H,15,17)(H,18,19). The van der Waals surface area contributed by atoms with Crippen LogP contribution in [0.25, 0.3) is 0 Å². The molecule has 0 aromatic carbocycles. The molecule has 6 nitrogen and oxygen atoms in total. The first-order valence-electron chi connectivity index (χ1n) is 6.36. The first kappa shape index (κ1) is 14.5. The van der Waals surface area contributed by atoms with Crippen LogP contribution in [0.3, 0.4) is 0 Å². The van der Waals surface area contributed by atoms with Gasteiger partial charge < -0.3 is 16.2 Å². The maximum Gasteiger partial charge on any atom is 0.326 e. The van der Waals surface area contributed by atoms with Gasteiger partial charge in [-0.1, -0.05) is 0 Å². The summed E-state index contributed by atoms with van der Waals surface area (Å²) in [6.07, 6.45) is 2.16. The van der Waals surface area contributed by atoms with E-state index in [2.05, 4.69) is 5.32 Å². The first-order chi connectivity index (χ1) is 9.49. The molecule has 1 aliphatic carbocycles. The van der Waals surface area contributed by atoms with E-state index in [1.54, 1.807) is 11.3 Å². The zero-order valence-electron chi connectivity index (χ0n) is 10.8. The molecule has 20 heavy (non-hydrogen) atoms. The Kier molecular flexibility index (Phi) is 4.39. The van der Waals surface area contributed by atoms with Crippen LogP contribution >= 0.6 is 11.3 Å². The molecule has 2 atom stereocenters. The summed E-state index contributed by atoms with van der Waals surface area (Å²) in [5, 5.41) is 13.4. The average molecular weight is 296 g/mol. The molecular formula is C13H16N2O4S. The van der Waals surface area contributed by atoms with E-state index in [-0.39, 0.29) is 11.8 Å². The fourth-order valence-electron chi connectivity index (χ4n) is 2.43. The molecule has 1 aliphatic rings. The van der Waals surface area contributed by atoms with Crippen molar-refractivity contribution in [2.75, 3.05) is 0 Å². The van der Waals surface area contributed by atoms with E-state index < -0.39 is 24.3 Å². The Morgan fingerprint density at radius 1 is 1.50 bits per heavy atom. The Labute approximate surface area is 120 Å². The van der Waals surface area contributed by atoms with Crippen LogP contribution in [0.2, 0.25) is 0 Å². The number of nitrogens with two attached hydrogens (primary N) is 1. The minimum Gasteiger partial charge on any atom is -0.480 e. The van der Waals surface area contributed by atoms with Gasteiger partial charge in [-0.2, -0.15) is 0 Å². The zero-order chi connectivity index (χ0) is 14.7. The van der Waals surface area contributed by atoms with E-state index in [9.17, 15) is 14.4 Å². The molecule has 0 fully saturated rings. The van der Waals surface area contributed by atoms with Crippen LogP contribution < -0.4 is 11.1 Å². The lowest BCUT2D eigenvalue weighted by atomic mass is 9.87. The highest BCUT2D eigenvalue weighted by Gasteiger charge is 2.30. The number of primary amides is 1. The van der Waals surface area contributed by atoms with Gasteiger partial charge >= 0.3 is 5.97 Å². The number of carbonyl (C=O) groups excluding carboxylic acids is 2. The molecule has 1 heterocycles. The van der Waals surface area contributed by atoms with Gasteiger partial charge in [0.1, 0.15) is 6.04 Å². The Balaban J connectivity index is 2.09. The molecule has 0 aliphatic heterocycles. The second kappa shape index (κ2) is 6.04. The molecule has 2 amide bonds. The molecule has 0 spiro atoms. The maximum atomic E-state index is 12.2. The predicted molar refractivity (Wildman–Crippen MR) is 73.4 cm³/mol. The minimum absolute atomic E-state index is 0.334. The van der Waals surface area contributed by atoms with Crippen molar-refractivity contribution in [3.8, 4) is 0 Å². The monoisotopic (exact) mass is 296 g/mol. The van der Waals surface area contributed by atoms with E-state index in [0.29, 0.717) is 6.42 Å². The SMILES string of the molecule is NC(=O)CC(NC(=O)C1CCCc2sccc21)C(=O)O. The third-order valence-electron chi connectivity index (χ3n) is 3.39. The van der Waals surface area contributed by atoms with Crippen molar-refractivity contribution in [1.82, 2.24) is 5.32 Å². The molecule has 7 heteroatoms. The molecule has 1 aromatic heterocycles. The van der Waals surface area contributed by atoms with Crippen molar-refractivity contribution in [2.24, 2.45) is 5.73 Å². The molecule has 0 saturated heterocycles. The summed E-state index contributed by atoms with van der Waals surface area (Å²) in [5.74, 6) is -2.69. The normalized spacial score (nSPS) is 18.9. The lowest BCUT2D eigenvalue weighted by molar-refractivity contribution is -0.143. The van der Waals surface area contributed by atoms with E-state index in [4.69, 9.17) is 10.8 Å². The summed E-state index contributed by atoms with van der Waals surface area (Å²) < 4.78 is 0. The number of fused-ring (bicyclic) bond motifs is 1. The Hall–Kier alpha value is -1.89. The van der Waals surface area contributed by atoms with Crippen LogP contribution in [0.4, 0.5) is 0 Å². The number of aliphatic carboxylic acids is 1. The average Bonchev–Trinajstić information content (AvgIpc) is 2.84. The third-order valence-corrected chi connectivity index (χ3v) is 4.38. The quantitative estimate of drug-likeness (QED) is 0.739. The highest BCUT2D eigenvalue weighted by atomic mass is 32.1. The molecule has 2 unspecified atom stereocenters. The summed E-state index contributed by atoms with van der Waals surface area (Å²) in [6, 6.07) is 0.650. The van der Waals surface area contributed by atoms with Gasteiger partial charge in [-0.05, 0) is 36.3 Å². The molecular weight excluding hydrogens is 280 g/mol. The van der Waals surface area contributed by atoms with E-state index in [1.165, 1.54) is 4.88 Å². The fourth-order valence-corrected chi connectivity index (χ4v) is 3.42. The Morgan fingerprint density at radius 2 is 2.25 bits per heavy atom. The van der Waals surface area contributed by atoms with E-state index >= 15 is 0 Å². The smallest absolute Gasteiger partial charge is 0.326 e. The topological polar surface area (TPSA) is 109 Å². The van der Waals surface area contributed by atoms with Crippen molar-refractivity contribution < 1.29 is 19.5 Å². The van der Waals surface area contributed by atoms with E-state index in [1.807, 2.05) is 11.4 Å². The zero-order valence-corrected chi connectivity index (χ0v) is 11.6. The Bertz CT molecular complexity index is 540. The van der Waals surface area contributed by atoms with Crippen LogP contribution in [0.1, 0.15) is 35.6 Å². The predicted octanol–water partition coefficient (Wildman–Crippen LogP) is 0.613. The number of hydrogen-bond acceptors (Lipinski definition) is 4. The number of thiophene rings is 1. The van der Waals surface area contributed by atoms with E-state index in [0.717, 1.165) is 18.4 Å². The second-order valence-electron chi connectivity index (χ2n) is 4.81. The molecule has 0 saturated carbocycles. The number of carboxylic acid groups (broad SMARTS) is 1. The van der Waals surface area contributed by atoms with Crippen molar-refractivity contribution >= 4 is 29.1 Å². The molecule has 0 radical (unpaired) electrons. The van der Waals surface area contributed by atoms with Crippen LogP contribution in [0.5, 0.6) is 0 Å². The largest absolute Gasteiger partial charge is 0.480 e. The van der Waals surface area contributed by atoms with Gasteiger partial charge in [-0.3, -0.25) is 9.59 Å². The number of rotatable bonds is 5. The van der Waals surface area contributed by atoms with Crippen LogP contribution in [-0.2, 0) is 20.8 Å². The lowest BCUT2D eigenvalue weighted by Gasteiger charge is -2.23. The minimum atomic E-state index is -1.26. The summed E-state index contributed by atoms with van der Waals surface area (Å²) in [6.45, 7) is 0. The summed E-state index contributed by atoms with van der Waals surface area (Å²) in [5.41, 5.74) is 5.97. The van der Waals surface area contributed by atoms with Gasteiger partial charge in [0.25, 0.3) is 0 Å². The Morgan fingerprint density at radius 3 is 2.90 bits per heavy atom. The third kappa shape index (κ3) is 3.16. The first-order valence-corrected chi connectivity index (χ1v) is 7.24. The molecule has 1 aromatic rings. The molecule has 0 bridgehead atoms. The van der Waals surface area contributed by atoms with Crippen molar-refractivity contribution in [1.29, 1.82) is 0 Å². The number of nitrogens with one attached hydrogen (secondary N) is 1. The van der Waals surface area contributed by atoms with Gasteiger partial charge in [-0.15, -0.1) is 11.3 Å². The number of carbonyl (C=O) groups is 3. The lowest BCUT2D eigenvalue weighted by Crippen LogP contribution is -2.45. The fraction of sp³-hybridized carbons (Fsp3) is 0.462. The molecule has 108 valence electrons. The van der Waals surface area contributed by atoms with Gasteiger partial charge in [0, 0.05) is 4.88 Å². The van der Waals surface area contributed by atoms with Crippen molar-refractivity contribution in [3.63, 3.8) is 0 Å². The van der Waals surface area contributed by atoms with Gasteiger partial charge in [-0.25, -0.2) is 4.79 Å². The summed E-state index contributed by atoms with van der Waals surface area (Å²) in [4.78, 5) is 35.3. The van der Waals surface area contributed by atoms with Crippen molar-refractivity contribution in [3.05, 3.63) is 21.9 Å². The summed E-state index contributed by atoms with van der Waals surface area (Å²) >= 11 is 1.61. The molecule has 2 rings (SSSR count). The number of hydrogen-bond donors (Lipinski definition) is 3. The van der Waals surface area contributed by atoms with Crippen LogP contribution in [0, 0.1) is 0 Å². The summed E-state index contributed by atoms with van der Waals surface area (Å²) in [7, 11) is 0. The number of carboxylic acids is 1. The van der Waals surface area contributed by atoms with Gasteiger partial charge in [0.05, 0.1) is 12.3 Å². The highest BCUT2D eigenvalue weighted by Crippen LogP contribution is 2.35. The van der Waals surface area contributed by atoms with Crippen LogP contribution in [0.15, 0.2) is 11.4 Å². The van der Waals surface area contributed by atoms with Crippen molar-refractivity contribution in [2.45, 2.75) is 37.6 Å². The maximum absolute atomic E-state index is 12.2. The highest BCUT2D eigenvalue weighted by molar-refractivity contribution is 7.10. The second-order valence-corrected chi connectivity index (χ2v) is 5.81. The number of aryl methyl sites for hydroxylation is 1. The van der Waals surface area contributed by atoms with Gasteiger partial charge in [0.2, 0.25) is 11.8 Å². The number of amides is 2. The van der Waals surface area contributed by atoms with Gasteiger partial charge in [0.15, 0.2) is 0 Å². The molecule has 4 N–H and O–H groups in total. The van der Waals surface area contributed by atoms with Crippen LogP contribution in [-0.4, -0.2) is 28.9 Å².